The predicted octanol–water partition coefficient (Wildman–Crippen LogP) is 2.47. The first-order valence-corrected chi connectivity index (χ1v) is 11.4. The third-order valence-electron chi connectivity index (χ3n) is 6.60. The molecular weight excluding hydrogens is 422 g/mol. The summed E-state index contributed by atoms with van der Waals surface area (Å²) in [5.41, 5.74) is 3.08. The molecule has 0 radical (unpaired) electrons. The Morgan fingerprint density at radius 2 is 1.94 bits per heavy atom. The lowest BCUT2D eigenvalue weighted by Crippen LogP contribution is -2.48. The quantitative estimate of drug-likeness (QED) is 0.731. The van der Waals surface area contributed by atoms with Crippen LogP contribution in [0.1, 0.15) is 43.4 Å². The number of fused-ring (bicyclic) bond motifs is 2. The Morgan fingerprint density at radius 1 is 1.12 bits per heavy atom. The Labute approximate surface area is 192 Å². The number of amides is 3. The van der Waals surface area contributed by atoms with E-state index < -0.39 is 12.0 Å². The predicted molar refractivity (Wildman–Crippen MR) is 121 cm³/mol. The smallest absolute Gasteiger partial charge is 0.242 e. The standard InChI is InChI=1S/C25H27N3O5/c1-15(24(30)27-20-8-4-6-16-5-2-3-7-19(16)20)26-25(31)17-11-23(29)28(13-17)18-9-10-21-22(12-18)33-14-32-21/h2-3,5,7,9-10,12,15,17,20H,4,6,8,11,13-14H2,1H3,(H,26,31)(H,27,30)/t15-,17-,20+/m0/s1. The van der Waals surface area contributed by atoms with E-state index in [4.69, 9.17) is 9.47 Å². The van der Waals surface area contributed by atoms with Crippen LogP contribution in [-0.4, -0.2) is 37.1 Å². The van der Waals surface area contributed by atoms with Gasteiger partial charge in [-0.15, -0.1) is 0 Å². The number of hydrogen-bond acceptors (Lipinski definition) is 5. The molecule has 2 aliphatic heterocycles. The second-order valence-electron chi connectivity index (χ2n) is 8.83. The van der Waals surface area contributed by atoms with Crippen molar-refractivity contribution >= 4 is 23.4 Å². The van der Waals surface area contributed by atoms with Crippen LogP contribution in [0.5, 0.6) is 11.5 Å². The molecule has 8 heteroatoms. The second-order valence-corrected chi connectivity index (χ2v) is 8.83. The zero-order valence-corrected chi connectivity index (χ0v) is 18.5. The number of rotatable bonds is 5. The van der Waals surface area contributed by atoms with Gasteiger partial charge in [0, 0.05) is 24.7 Å². The van der Waals surface area contributed by atoms with Gasteiger partial charge in [0.25, 0.3) is 0 Å². The van der Waals surface area contributed by atoms with Crippen molar-refractivity contribution in [3.05, 3.63) is 53.6 Å². The molecule has 2 N–H and O–H groups in total. The van der Waals surface area contributed by atoms with Crippen LogP contribution in [0.15, 0.2) is 42.5 Å². The van der Waals surface area contributed by atoms with Crippen LogP contribution in [-0.2, 0) is 20.8 Å². The van der Waals surface area contributed by atoms with Gasteiger partial charge in [0.2, 0.25) is 24.5 Å². The van der Waals surface area contributed by atoms with E-state index in [1.807, 2.05) is 12.1 Å². The summed E-state index contributed by atoms with van der Waals surface area (Å²) in [6, 6.07) is 12.7. The summed E-state index contributed by atoms with van der Waals surface area (Å²) < 4.78 is 10.7. The average Bonchev–Trinajstić information content (AvgIpc) is 3.45. The highest BCUT2D eigenvalue weighted by Gasteiger charge is 2.37. The van der Waals surface area contributed by atoms with Crippen molar-refractivity contribution in [2.24, 2.45) is 5.92 Å². The highest BCUT2D eigenvalue weighted by Crippen LogP contribution is 2.37. The van der Waals surface area contributed by atoms with Crippen molar-refractivity contribution in [2.45, 2.75) is 44.7 Å². The summed E-state index contributed by atoms with van der Waals surface area (Å²) >= 11 is 0. The van der Waals surface area contributed by atoms with E-state index in [1.165, 1.54) is 5.56 Å². The topological polar surface area (TPSA) is 97.0 Å². The number of benzene rings is 2. The lowest BCUT2D eigenvalue weighted by Gasteiger charge is -2.28. The number of aryl methyl sites for hydroxylation is 1. The maximum Gasteiger partial charge on any atom is 0.242 e. The Balaban J connectivity index is 1.18. The molecule has 0 aromatic heterocycles. The zero-order valence-electron chi connectivity index (χ0n) is 18.5. The van der Waals surface area contributed by atoms with E-state index >= 15 is 0 Å². The lowest BCUT2D eigenvalue weighted by atomic mass is 9.87. The van der Waals surface area contributed by atoms with E-state index in [1.54, 1.807) is 30.0 Å². The van der Waals surface area contributed by atoms with Gasteiger partial charge in [-0.05, 0) is 49.4 Å². The summed E-state index contributed by atoms with van der Waals surface area (Å²) in [6.45, 7) is 2.09. The Bertz CT molecular complexity index is 1100. The largest absolute Gasteiger partial charge is 0.454 e. The van der Waals surface area contributed by atoms with Crippen molar-refractivity contribution in [1.82, 2.24) is 10.6 Å². The number of nitrogens with one attached hydrogen (secondary N) is 2. The Kier molecular flexibility index (Phi) is 5.66. The average molecular weight is 450 g/mol. The number of carbonyl (C=O) groups excluding carboxylic acids is 3. The zero-order chi connectivity index (χ0) is 22.9. The fourth-order valence-electron chi connectivity index (χ4n) is 4.78. The third-order valence-corrected chi connectivity index (χ3v) is 6.60. The molecule has 8 nitrogen and oxygen atoms in total. The summed E-state index contributed by atoms with van der Waals surface area (Å²) in [5.74, 6) is 0.0571. The van der Waals surface area contributed by atoms with Crippen LogP contribution in [0, 0.1) is 5.92 Å². The third kappa shape index (κ3) is 4.25. The molecule has 1 aliphatic carbocycles. The lowest BCUT2D eigenvalue weighted by molar-refractivity contribution is -0.131. The van der Waals surface area contributed by atoms with Gasteiger partial charge in [0.15, 0.2) is 11.5 Å². The molecule has 2 heterocycles. The number of anilines is 1. The molecule has 33 heavy (non-hydrogen) atoms. The van der Waals surface area contributed by atoms with Crippen LogP contribution in [0.25, 0.3) is 0 Å². The van der Waals surface area contributed by atoms with Gasteiger partial charge in [0.05, 0.1) is 12.0 Å². The molecule has 3 atom stereocenters. The van der Waals surface area contributed by atoms with Crippen LogP contribution >= 0.6 is 0 Å². The van der Waals surface area contributed by atoms with Gasteiger partial charge in [-0.2, -0.15) is 0 Å². The fourth-order valence-corrected chi connectivity index (χ4v) is 4.78. The van der Waals surface area contributed by atoms with Crippen molar-refractivity contribution in [2.75, 3.05) is 18.2 Å². The molecule has 172 valence electrons. The van der Waals surface area contributed by atoms with Crippen molar-refractivity contribution in [1.29, 1.82) is 0 Å². The molecule has 2 aromatic carbocycles. The van der Waals surface area contributed by atoms with Gasteiger partial charge < -0.3 is 25.0 Å². The number of hydrogen-bond donors (Lipinski definition) is 2. The van der Waals surface area contributed by atoms with Gasteiger partial charge in [-0.25, -0.2) is 0 Å². The molecule has 0 saturated carbocycles. The highest BCUT2D eigenvalue weighted by atomic mass is 16.7. The van der Waals surface area contributed by atoms with E-state index in [2.05, 4.69) is 22.8 Å². The van der Waals surface area contributed by atoms with E-state index in [-0.39, 0.29) is 43.5 Å². The summed E-state index contributed by atoms with van der Waals surface area (Å²) in [6.07, 6.45) is 3.02. The first kappa shape index (κ1) is 21.3. The molecule has 1 saturated heterocycles. The minimum Gasteiger partial charge on any atom is -0.454 e. The Hall–Kier alpha value is -3.55. The molecule has 5 rings (SSSR count). The van der Waals surface area contributed by atoms with E-state index in [0.29, 0.717) is 17.2 Å². The summed E-state index contributed by atoms with van der Waals surface area (Å²) in [5, 5.41) is 5.88. The van der Waals surface area contributed by atoms with E-state index in [9.17, 15) is 14.4 Å². The minimum atomic E-state index is -0.693. The number of nitrogens with zero attached hydrogens (tertiary/aromatic N) is 1. The molecule has 1 fully saturated rings. The number of ether oxygens (including phenoxy) is 2. The molecule has 3 aliphatic rings. The first-order chi connectivity index (χ1) is 16.0. The SMILES string of the molecule is C[C@H](NC(=O)[C@H]1CC(=O)N(c2ccc3c(c2)OCO3)C1)C(=O)N[C@@H]1CCCc2ccccc21. The molecule has 2 aromatic rings. The maximum atomic E-state index is 12.8. The van der Waals surface area contributed by atoms with Crippen molar-refractivity contribution < 1.29 is 23.9 Å². The molecular formula is C25H27N3O5. The fraction of sp³-hybridized carbons (Fsp3) is 0.400. The Morgan fingerprint density at radius 3 is 2.82 bits per heavy atom. The molecule has 0 spiro atoms. The first-order valence-electron chi connectivity index (χ1n) is 11.4. The van der Waals surface area contributed by atoms with Crippen molar-refractivity contribution in [3.63, 3.8) is 0 Å². The van der Waals surface area contributed by atoms with Gasteiger partial charge in [-0.1, -0.05) is 24.3 Å². The maximum absolute atomic E-state index is 12.8. The monoisotopic (exact) mass is 449 g/mol. The number of carbonyl (C=O) groups is 3. The minimum absolute atomic E-state index is 0.0450. The van der Waals surface area contributed by atoms with Crippen LogP contribution in [0.4, 0.5) is 5.69 Å². The highest BCUT2D eigenvalue weighted by molar-refractivity contribution is 6.01. The van der Waals surface area contributed by atoms with Crippen LogP contribution in [0.3, 0.4) is 0 Å². The second kappa shape index (κ2) is 8.77. The molecule has 0 bridgehead atoms. The van der Waals surface area contributed by atoms with Crippen LogP contribution < -0.4 is 25.0 Å². The molecule has 0 unspecified atom stereocenters. The normalized spacial score (nSPS) is 22.0. The van der Waals surface area contributed by atoms with Gasteiger partial charge in [0.1, 0.15) is 6.04 Å². The van der Waals surface area contributed by atoms with Gasteiger partial charge >= 0.3 is 0 Å². The van der Waals surface area contributed by atoms with E-state index in [0.717, 1.165) is 24.8 Å². The molecule has 3 amide bonds. The van der Waals surface area contributed by atoms with Gasteiger partial charge in [-0.3, -0.25) is 14.4 Å². The summed E-state index contributed by atoms with van der Waals surface area (Å²) in [7, 11) is 0. The van der Waals surface area contributed by atoms with Crippen LogP contribution in [0.2, 0.25) is 0 Å². The van der Waals surface area contributed by atoms with Crippen molar-refractivity contribution in [3.8, 4) is 11.5 Å². The summed E-state index contributed by atoms with van der Waals surface area (Å²) in [4.78, 5) is 39.8.